The number of nitrogens with one attached hydrogen (secondary N) is 1. The van der Waals surface area contributed by atoms with E-state index in [0.717, 1.165) is 22.6 Å². The molecule has 0 radical (unpaired) electrons. The largest absolute Gasteiger partial charge is 0.467 e. The highest BCUT2D eigenvalue weighted by atomic mass is 32.1. The molecule has 0 fully saturated rings. The van der Waals surface area contributed by atoms with E-state index < -0.39 is 0 Å². The van der Waals surface area contributed by atoms with Crippen LogP contribution in [0.25, 0.3) is 5.69 Å². The summed E-state index contributed by atoms with van der Waals surface area (Å²) in [5.41, 5.74) is 4.48. The molecular weight excluding hydrogens is 379 g/mol. The second-order valence-corrected chi connectivity index (χ2v) is 7.67. The van der Waals surface area contributed by atoms with E-state index in [0.29, 0.717) is 35.8 Å². The number of rotatable bonds is 5. The fourth-order valence-corrected chi connectivity index (χ4v) is 4.32. The molecule has 1 aromatic carbocycles. The highest BCUT2D eigenvalue weighted by Gasteiger charge is 2.19. The van der Waals surface area contributed by atoms with Gasteiger partial charge in [0.1, 0.15) is 16.4 Å². The number of thiophene rings is 1. The zero-order valence-corrected chi connectivity index (χ0v) is 16.6. The Labute approximate surface area is 166 Å². The molecule has 0 saturated heterocycles. The summed E-state index contributed by atoms with van der Waals surface area (Å²) in [6, 6.07) is 8.91. The number of fused-ring (bicyclic) bond motifs is 1. The minimum atomic E-state index is -0.326. The van der Waals surface area contributed by atoms with Gasteiger partial charge in [0.2, 0.25) is 0 Å². The third-order valence-electron chi connectivity index (χ3n) is 4.79. The van der Waals surface area contributed by atoms with E-state index in [2.05, 4.69) is 9.88 Å². The van der Waals surface area contributed by atoms with Crippen LogP contribution in [0.3, 0.4) is 0 Å². The number of hydrogen-bond acceptors (Lipinski definition) is 4. The maximum absolute atomic E-state index is 13.9. The van der Waals surface area contributed by atoms with Crippen molar-refractivity contribution in [1.29, 1.82) is 0 Å². The number of nitrogens with zero attached hydrogens (tertiary/aromatic N) is 1. The van der Waals surface area contributed by atoms with Gasteiger partial charge in [-0.05, 0) is 61.5 Å². The molecule has 0 unspecified atom stereocenters. The van der Waals surface area contributed by atoms with Gasteiger partial charge in [0.25, 0.3) is 5.91 Å². The summed E-state index contributed by atoms with van der Waals surface area (Å²) >= 11 is 1.41. The monoisotopic (exact) mass is 400 g/mol. The van der Waals surface area contributed by atoms with Crippen molar-refractivity contribution >= 4 is 17.2 Å². The van der Waals surface area contributed by atoms with Gasteiger partial charge >= 0.3 is 0 Å². The summed E-state index contributed by atoms with van der Waals surface area (Å²) in [5.74, 6) is 0.206. The molecule has 0 spiro atoms. The van der Waals surface area contributed by atoms with Gasteiger partial charge < -0.3 is 19.4 Å². The Morgan fingerprint density at radius 1 is 1.25 bits per heavy atom. The molecule has 1 aliphatic rings. The second kappa shape index (κ2) is 7.77. The molecular formula is C21H21FN2O3S. The van der Waals surface area contributed by atoms with Crippen LogP contribution in [0.15, 0.2) is 35.7 Å². The number of aryl methyl sites for hydroxylation is 2. The average molecular weight is 400 g/mol. The number of amides is 1. The second-order valence-electron chi connectivity index (χ2n) is 6.76. The van der Waals surface area contributed by atoms with Gasteiger partial charge in [-0.25, -0.2) is 4.39 Å². The molecule has 1 amide bonds. The molecule has 1 aliphatic heterocycles. The van der Waals surface area contributed by atoms with E-state index in [9.17, 15) is 9.18 Å². The maximum Gasteiger partial charge on any atom is 0.263 e. The van der Waals surface area contributed by atoms with Crippen LogP contribution in [0.1, 0.15) is 32.2 Å². The highest BCUT2D eigenvalue weighted by Crippen LogP contribution is 2.30. The first-order chi connectivity index (χ1) is 13.5. The standard InChI is InChI=1S/C21H21FN2O3S/c1-13-3-4-14(2)24(13)18-6-8-28-20(18)21(25)23-7-5-15-9-17(22)10-16-11-26-12-27-19(15)16/h3-4,6,8-10H,5,7,11-12H2,1-2H3,(H,23,25). The van der Waals surface area contributed by atoms with Crippen molar-refractivity contribution in [2.24, 2.45) is 0 Å². The number of aromatic nitrogens is 1. The first kappa shape index (κ1) is 18.7. The Kier molecular flexibility index (Phi) is 5.19. The predicted molar refractivity (Wildman–Crippen MR) is 106 cm³/mol. The molecule has 7 heteroatoms. The molecule has 3 aromatic rings. The Hall–Kier alpha value is -2.64. The Morgan fingerprint density at radius 3 is 2.82 bits per heavy atom. The first-order valence-corrected chi connectivity index (χ1v) is 9.95. The van der Waals surface area contributed by atoms with Crippen molar-refractivity contribution < 1.29 is 18.7 Å². The van der Waals surface area contributed by atoms with Gasteiger partial charge in [0.15, 0.2) is 6.79 Å². The fourth-order valence-electron chi connectivity index (χ4n) is 3.53. The summed E-state index contributed by atoms with van der Waals surface area (Å²) in [5, 5.41) is 4.87. The van der Waals surface area contributed by atoms with Crippen molar-refractivity contribution in [2.45, 2.75) is 26.9 Å². The van der Waals surface area contributed by atoms with E-state index in [1.54, 1.807) is 0 Å². The molecule has 28 heavy (non-hydrogen) atoms. The minimum absolute atomic E-state index is 0.132. The van der Waals surface area contributed by atoms with Crippen LogP contribution in [-0.2, 0) is 17.8 Å². The van der Waals surface area contributed by atoms with E-state index in [1.165, 1.54) is 23.5 Å². The topological polar surface area (TPSA) is 52.5 Å². The number of hydrogen-bond donors (Lipinski definition) is 1. The van der Waals surface area contributed by atoms with Crippen LogP contribution in [0.4, 0.5) is 4.39 Å². The SMILES string of the molecule is Cc1ccc(C)n1-c1ccsc1C(=O)NCCc1cc(F)cc2c1OCOC2. The van der Waals surface area contributed by atoms with E-state index in [-0.39, 0.29) is 18.5 Å². The van der Waals surface area contributed by atoms with Crippen LogP contribution in [0.5, 0.6) is 5.75 Å². The third-order valence-corrected chi connectivity index (χ3v) is 5.70. The minimum Gasteiger partial charge on any atom is -0.467 e. The summed E-state index contributed by atoms with van der Waals surface area (Å²) in [7, 11) is 0. The van der Waals surface area contributed by atoms with Gasteiger partial charge in [-0.1, -0.05) is 0 Å². The Bertz CT molecular complexity index is 1010. The van der Waals surface area contributed by atoms with Gasteiger partial charge in [-0.15, -0.1) is 11.3 Å². The van der Waals surface area contributed by atoms with Crippen molar-refractivity contribution in [3.05, 3.63) is 68.9 Å². The smallest absolute Gasteiger partial charge is 0.263 e. The lowest BCUT2D eigenvalue weighted by atomic mass is 10.1. The molecule has 5 nitrogen and oxygen atoms in total. The Morgan fingerprint density at radius 2 is 2.04 bits per heavy atom. The van der Waals surface area contributed by atoms with Gasteiger partial charge in [0, 0.05) is 23.5 Å². The average Bonchev–Trinajstić information content (AvgIpc) is 3.27. The number of benzene rings is 1. The molecule has 4 rings (SSSR count). The van der Waals surface area contributed by atoms with E-state index >= 15 is 0 Å². The van der Waals surface area contributed by atoms with Crippen LogP contribution < -0.4 is 10.1 Å². The Balaban J connectivity index is 1.47. The van der Waals surface area contributed by atoms with Gasteiger partial charge in [-0.3, -0.25) is 4.79 Å². The predicted octanol–water partition coefficient (Wildman–Crippen LogP) is 4.13. The highest BCUT2D eigenvalue weighted by molar-refractivity contribution is 7.12. The molecule has 0 aliphatic carbocycles. The van der Waals surface area contributed by atoms with Crippen molar-refractivity contribution in [2.75, 3.05) is 13.3 Å². The molecule has 146 valence electrons. The lowest BCUT2D eigenvalue weighted by Gasteiger charge is -2.21. The normalized spacial score (nSPS) is 13.1. The quantitative estimate of drug-likeness (QED) is 0.701. The zero-order chi connectivity index (χ0) is 19.7. The van der Waals surface area contributed by atoms with E-state index in [1.807, 2.05) is 37.4 Å². The molecule has 0 atom stereocenters. The number of carbonyl (C=O) groups excluding carboxylic acids is 1. The van der Waals surface area contributed by atoms with Crippen LogP contribution >= 0.6 is 11.3 Å². The molecule has 0 saturated carbocycles. The lowest BCUT2D eigenvalue weighted by Crippen LogP contribution is -2.26. The third kappa shape index (κ3) is 3.55. The van der Waals surface area contributed by atoms with E-state index in [4.69, 9.17) is 9.47 Å². The molecule has 0 bridgehead atoms. The van der Waals surface area contributed by atoms with Crippen LogP contribution in [0, 0.1) is 19.7 Å². The van der Waals surface area contributed by atoms with Crippen LogP contribution in [-0.4, -0.2) is 23.8 Å². The summed E-state index contributed by atoms with van der Waals surface area (Å²) in [6.45, 7) is 4.92. The fraction of sp³-hybridized carbons (Fsp3) is 0.286. The molecule has 2 aromatic heterocycles. The van der Waals surface area contributed by atoms with Gasteiger partial charge in [-0.2, -0.15) is 0 Å². The van der Waals surface area contributed by atoms with Crippen molar-refractivity contribution in [1.82, 2.24) is 9.88 Å². The number of ether oxygens (including phenoxy) is 2. The van der Waals surface area contributed by atoms with Gasteiger partial charge in [0.05, 0.1) is 12.3 Å². The summed E-state index contributed by atoms with van der Waals surface area (Å²) in [6.07, 6.45) is 0.480. The van der Waals surface area contributed by atoms with Crippen molar-refractivity contribution in [3.8, 4) is 11.4 Å². The number of carbonyl (C=O) groups is 1. The molecule has 3 heterocycles. The molecule has 1 N–H and O–H groups in total. The zero-order valence-electron chi connectivity index (χ0n) is 15.8. The van der Waals surface area contributed by atoms with Crippen molar-refractivity contribution in [3.63, 3.8) is 0 Å². The summed E-state index contributed by atoms with van der Waals surface area (Å²) in [4.78, 5) is 13.4. The number of halogens is 1. The summed E-state index contributed by atoms with van der Waals surface area (Å²) < 4.78 is 26.7. The first-order valence-electron chi connectivity index (χ1n) is 9.07. The van der Waals surface area contributed by atoms with Crippen LogP contribution in [0.2, 0.25) is 0 Å². The lowest BCUT2D eigenvalue weighted by molar-refractivity contribution is -0.0172. The maximum atomic E-state index is 13.9.